The van der Waals surface area contributed by atoms with Crippen molar-refractivity contribution in [2.45, 2.75) is 51.0 Å². The van der Waals surface area contributed by atoms with Gasteiger partial charge in [-0.3, -0.25) is 24.1 Å². The minimum absolute atomic E-state index is 0.0493. The molecule has 1 heterocycles. The average Bonchev–Trinajstić information content (AvgIpc) is 3.32. The summed E-state index contributed by atoms with van der Waals surface area (Å²) < 4.78 is 4.88. The Morgan fingerprint density at radius 1 is 1.04 bits per heavy atom. The first-order valence-electron chi connectivity index (χ1n) is 8.36. The van der Waals surface area contributed by atoms with E-state index in [0.717, 1.165) is 38.5 Å². The van der Waals surface area contributed by atoms with Gasteiger partial charge in [0.15, 0.2) is 6.61 Å². The number of carbonyl (C=O) groups is 4. The molecule has 23 heavy (non-hydrogen) atoms. The summed E-state index contributed by atoms with van der Waals surface area (Å²) in [5, 5.41) is 2.72. The maximum absolute atomic E-state index is 12.2. The number of hydrogen-bond donors (Lipinski definition) is 1. The van der Waals surface area contributed by atoms with Crippen molar-refractivity contribution in [2.24, 2.45) is 11.8 Å². The Kier molecular flexibility index (Phi) is 4.63. The minimum Gasteiger partial charge on any atom is -0.456 e. The molecule has 3 fully saturated rings. The van der Waals surface area contributed by atoms with Gasteiger partial charge >= 0.3 is 5.97 Å². The van der Waals surface area contributed by atoms with Crippen LogP contribution in [0.2, 0.25) is 0 Å². The van der Waals surface area contributed by atoms with Gasteiger partial charge in [-0.2, -0.15) is 0 Å². The van der Waals surface area contributed by atoms with Crippen LogP contribution >= 0.6 is 0 Å². The third-order valence-corrected chi connectivity index (χ3v) is 4.78. The number of nitrogens with one attached hydrogen (secondary N) is 1. The molecule has 2 aliphatic carbocycles. The second-order valence-electron chi connectivity index (χ2n) is 6.58. The highest BCUT2D eigenvalue weighted by atomic mass is 16.5. The van der Waals surface area contributed by atoms with Crippen molar-refractivity contribution < 1.29 is 23.9 Å². The molecule has 1 aliphatic heterocycles. The summed E-state index contributed by atoms with van der Waals surface area (Å²) in [6, 6.07) is 0.226. The van der Waals surface area contributed by atoms with Gasteiger partial charge in [-0.25, -0.2) is 0 Å². The molecule has 0 unspecified atom stereocenters. The topological polar surface area (TPSA) is 92.8 Å². The summed E-state index contributed by atoms with van der Waals surface area (Å²) in [6.07, 6.45) is 5.36. The Balaban J connectivity index is 1.42. The lowest BCUT2D eigenvalue weighted by Gasteiger charge is -2.19. The molecule has 0 aromatic rings. The van der Waals surface area contributed by atoms with E-state index in [0.29, 0.717) is 0 Å². The lowest BCUT2D eigenvalue weighted by molar-refractivity contribution is -0.150. The summed E-state index contributed by atoms with van der Waals surface area (Å²) in [5.74, 6) is -1.57. The second-order valence-corrected chi connectivity index (χ2v) is 6.58. The first-order chi connectivity index (χ1) is 11.1. The summed E-state index contributed by atoms with van der Waals surface area (Å²) in [4.78, 5) is 48.8. The van der Waals surface area contributed by atoms with Gasteiger partial charge in [0.1, 0.15) is 0 Å². The Bertz CT molecular complexity index is 505. The molecule has 7 nitrogen and oxygen atoms in total. The van der Waals surface area contributed by atoms with Crippen LogP contribution in [-0.4, -0.2) is 47.8 Å². The van der Waals surface area contributed by atoms with E-state index < -0.39 is 5.97 Å². The fraction of sp³-hybridized carbons (Fsp3) is 0.750. The smallest absolute Gasteiger partial charge is 0.308 e. The average molecular weight is 322 g/mol. The summed E-state index contributed by atoms with van der Waals surface area (Å²) in [6.45, 7) is -0.254. The van der Waals surface area contributed by atoms with Gasteiger partial charge in [0.05, 0.1) is 18.3 Å². The van der Waals surface area contributed by atoms with Crippen LogP contribution in [0.3, 0.4) is 0 Å². The van der Waals surface area contributed by atoms with Crippen molar-refractivity contribution in [3.8, 4) is 0 Å². The lowest BCUT2D eigenvalue weighted by Crippen LogP contribution is -2.34. The SMILES string of the molecule is O=C(COC(=O)CCN1C(=O)[C@H]2CCCC[C@@H]2C1=O)NC1CC1. The van der Waals surface area contributed by atoms with E-state index in [-0.39, 0.29) is 55.2 Å². The second kappa shape index (κ2) is 6.68. The Morgan fingerprint density at radius 3 is 2.22 bits per heavy atom. The van der Waals surface area contributed by atoms with Gasteiger partial charge in [0.2, 0.25) is 11.8 Å². The normalized spacial score (nSPS) is 26.9. The van der Waals surface area contributed by atoms with Crippen LogP contribution in [0.1, 0.15) is 44.9 Å². The molecule has 126 valence electrons. The third-order valence-electron chi connectivity index (χ3n) is 4.78. The zero-order chi connectivity index (χ0) is 16.4. The summed E-state index contributed by atoms with van der Waals surface area (Å²) in [7, 11) is 0. The van der Waals surface area contributed by atoms with Crippen molar-refractivity contribution in [3.63, 3.8) is 0 Å². The molecule has 2 atom stereocenters. The first kappa shape index (κ1) is 16.0. The maximum Gasteiger partial charge on any atom is 0.308 e. The molecule has 0 aromatic carbocycles. The summed E-state index contributed by atoms with van der Waals surface area (Å²) >= 11 is 0. The van der Waals surface area contributed by atoms with Crippen LogP contribution in [0.4, 0.5) is 0 Å². The molecule has 0 spiro atoms. The monoisotopic (exact) mass is 322 g/mol. The van der Waals surface area contributed by atoms with Crippen molar-refractivity contribution >= 4 is 23.7 Å². The van der Waals surface area contributed by atoms with Gasteiger partial charge in [-0.05, 0) is 25.7 Å². The molecular weight excluding hydrogens is 300 g/mol. The molecule has 3 aliphatic rings. The van der Waals surface area contributed by atoms with Crippen LogP contribution < -0.4 is 5.32 Å². The molecule has 2 saturated carbocycles. The Hall–Kier alpha value is -1.92. The molecule has 7 heteroatoms. The highest BCUT2D eigenvalue weighted by Crippen LogP contribution is 2.37. The molecule has 3 amide bonds. The van der Waals surface area contributed by atoms with E-state index in [9.17, 15) is 19.2 Å². The highest BCUT2D eigenvalue weighted by molar-refractivity contribution is 6.05. The fourth-order valence-electron chi connectivity index (χ4n) is 3.37. The highest BCUT2D eigenvalue weighted by Gasteiger charge is 2.47. The van der Waals surface area contributed by atoms with E-state index in [2.05, 4.69) is 5.32 Å². The molecule has 0 radical (unpaired) electrons. The van der Waals surface area contributed by atoms with Crippen molar-refractivity contribution in [1.29, 1.82) is 0 Å². The number of carbonyl (C=O) groups excluding carboxylic acids is 4. The molecular formula is C16H22N2O5. The summed E-state index contributed by atoms with van der Waals surface area (Å²) in [5.41, 5.74) is 0. The van der Waals surface area contributed by atoms with Crippen molar-refractivity contribution in [1.82, 2.24) is 10.2 Å². The lowest BCUT2D eigenvalue weighted by atomic mass is 9.81. The van der Waals surface area contributed by atoms with Gasteiger partial charge in [-0.1, -0.05) is 12.8 Å². The van der Waals surface area contributed by atoms with Gasteiger partial charge in [0, 0.05) is 12.6 Å². The zero-order valence-electron chi connectivity index (χ0n) is 13.1. The number of nitrogens with zero attached hydrogens (tertiary/aromatic N) is 1. The Morgan fingerprint density at radius 2 is 1.65 bits per heavy atom. The van der Waals surface area contributed by atoms with E-state index >= 15 is 0 Å². The number of amides is 3. The van der Waals surface area contributed by atoms with Crippen LogP contribution in [-0.2, 0) is 23.9 Å². The molecule has 1 saturated heterocycles. The predicted molar refractivity (Wildman–Crippen MR) is 78.9 cm³/mol. The van der Waals surface area contributed by atoms with E-state index in [1.165, 1.54) is 4.90 Å². The van der Waals surface area contributed by atoms with E-state index in [4.69, 9.17) is 4.74 Å². The fourth-order valence-corrected chi connectivity index (χ4v) is 3.37. The molecule has 0 aromatic heterocycles. The van der Waals surface area contributed by atoms with Crippen LogP contribution in [0.25, 0.3) is 0 Å². The van der Waals surface area contributed by atoms with Crippen molar-refractivity contribution in [3.05, 3.63) is 0 Å². The number of rotatable bonds is 6. The molecule has 0 bridgehead atoms. The van der Waals surface area contributed by atoms with Crippen molar-refractivity contribution in [2.75, 3.05) is 13.2 Å². The zero-order valence-corrected chi connectivity index (χ0v) is 13.1. The quantitative estimate of drug-likeness (QED) is 0.563. The van der Waals surface area contributed by atoms with Gasteiger partial charge in [0.25, 0.3) is 5.91 Å². The predicted octanol–water partition coefficient (Wildman–Crippen LogP) is 0.374. The maximum atomic E-state index is 12.2. The first-order valence-corrected chi connectivity index (χ1v) is 8.36. The van der Waals surface area contributed by atoms with Crippen LogP contribution in [0.15, 0.2) is 0 Å². The third kappa shape index (κ3) is 3.71. The Labute approximate surface area is 134 Å². The van der Waals surface area contributed by atoms with E-state index in [1.54, 1.807) is 0 Å². The standard InChI is InChI=1S/C16H22N2O5/c19-13(17-10-5-6-10)9-23-14(20)7-8-18-15(21)11-3-1-2-4-12(11)16(18)22/h10-12H,1-9H2,(H,17,19)/t11-,12-/m0/s1. The number of likely N-dealkylation sites (tertiary alicyclic amines) is 1. The number of hydrogen-bond acceptors (Lipinski definition) is 5. The van der Waals surface area contributed by atoms with E-state index in [1.807, 2.05) is 0 Å². The molecule has 3 rings (SSSR count). The van der Waals surface area contributed by atoms with Gasteiger partial charge in [-0.15, -0.1) is 0 Å². The largest absolute Gasteiger partial charge is 0.456 e. The van der Waals surface area contributed by atoms with Crippen LogP contribution in [0, 0.1) is 11.8 Å². The number of ether oxygens (including phenoxy) is 1. The number of esters is 1. The number of fused-ring (bicyclic) bond motifs is 1. The minimum atomic E-state index is -0.564. The van der Waals surface area contributed by atoms with Crippen LogP contribution in [0.5, 0.6) is 0 Å². The molecule has 1 N–H and O–H groups in total. The number of imide groups is 1. The van der Waals surface area contributed by atoms with Gasteiger partial charge < -0.3 is 10.1 Å².